The molecule has 0 saturated carbocycles. The summed E-state index contributed by atoms with van der Waals surface area (Å²) >= 11 is 0. The molecule has 2 atom stereocenters. The maximum atomic E-state index is 12.3. The molecule has 0 aromatic heterocycles. The fourth-order valence-corrected chi connectivity index (χ4v) is 3.03. The van der Waals surface area contributed by atoms with Crippen molar-refractivity contribution in [2.45, 2.75) is 24.9 Å². The number of carbonyl (C=O) groups excluding carboxylic acids is 3. The van der Waals surface area contributed by atoms with Crippen LogP contribution in [0.5, 0.6) is 0 Å². The summed E-state index contributed by atoms with van der Waals surface area (Å²) < 4.78 is 0. The van der Waals surface area contributed by atoms with Crippen molar-refractivity contribution in [2.24, 2.45) is 0 Å². The standard InChI is InChI=1S/C15H17N5O6/c21-12(8-1-3-9(4-2-8)16-14(23)24)17-18-13(22)11-6-5-10-7-19(11)15(25)20(10)26/h1-4,10-11,16,26H,5-7H2,(H,17,21)(H,18,22)(H,23,24)/t10-,11+/m1/s1. The molecule has 0 aliphatic carbocycles. The SMILES string of the molecule is O=C(O)Nc1ccc(C(=O)NNC(=O)[C@@H]2CC[C@@H]3CN2C(=O)N3O)cc1. The Labute approximate surface area is 147 Å². The first kappa shape index (κ1) is 17.5. The number of fused-ring (bicyclic) bond motifs is 2. The summed E-state index contributed by atoms with van der Waals surface area (Å²) in [5, 5.41) is 21.0. The van der Waals surface area contributed by atoms with E-state index in [1.165, 1.54) is 29.2 Å². The van der Waals surface area contributed by atoms with E-state index in [0.717, 1.165) is 0 Å². The summed E-state index contributed by atoms with van der Waals surface area (Å²) in [7, 11) is 0. The molecule has 5 N–H and O–H groups in total. The average Bonchev–Trinajstić information content (AvgIpc) is 2.84. The van der Waals surface area contributed by atoms with E-state index < -0.39 is 30.0 Å². The Bertz CT molecular complexity index is 751. The van der Waals surface area contributed by atoms with Crippen molar-refractivity contribution in [3.8, 4) is 0 Å². The maximum Gasteiger partial charge on any atom is 0.409 e. The maximum absolute atomic E-state index is 12.3. The van der Waals surface area contributed by atoms with Crippen LogP contribution in [0.25, 0.3) is 0 Å². The molecule has 1 aromatic rings. The largest absolute Gasteiger partial charge is 0.465 e. The van der Waals surface area contributed by atoms with Gasteiger partial charge in [0.05, 0.1) is 6.04 Å². The lowest BCUT2D eigenvalue weighted by atomic mass is 10.0. The second-order valence-electron chi connectivity index (χ2n) is 5.98. The normalized spacial score (nSPS) is 21.3. The Morgan fingerprint density at radius 1 is 1.08 bits per heavy atom. The van der Waals surface area contributed by atoms with Crippen LogP contribution in [0, 0.1) is 0 Å². The van der Waals surface area contributed by atoms with Gasteiger partial charge in [0.15, 0.2) is 0 Å². The highest BCUT2D eigenvalue weighted by atomic mass is 16.5. The third kappa shape index (κ3) is 3.37. The molecule has 138 valence electrons. The first-order chi connectivity index (χ1) is 12.4. The van der Waals surface area contributed by atoms with Crippen LogP contribution in [-0.2, 0) is 4.79 Å². The summed E-state index contributed by atoms with van der Waals surface area (Å²) in [5.74, 6) is -1.14. The molecule has 26 heavy (non-hydrogen) atoms. The van der Waals surface area contributed by atoms with Crippen molar-refractivity contribution in [3.05, 3.63) is 29.8 Å². The predicted molar refractivity (Wildman–Crippen MR) is 86.2 cm³/mol. The highest BCUT2D eigenvalue weighted by Gasteiger charge is 2.46. The number of carbonyl (C=O) groups is 4. The Morgan fingerprint density at radius 3 is 2.42 bits per heavy atom. The Morgan fingerprint density at radius 2 is 1.77 bits per heavy atom. The zero-order valence-electron chi connectivity index (χ0n) is 13.5. The average molecular weight is 363 g/mol. The van der Waals surface area contributed by atoms with Gasteiger partial charge < -0.3 is 10.0 Å². The fourth-order valence-electron chi connectivity index (χ4n) is 3.03. The van der Waals surface area contributed by atoms with E-state index in [9.17, 15) is 24.4 Å². The van der Waals surface area contributed by atoms with Gasteiger partial charge in [-0.15, -0.1) is 0 Å². The molecule has 0 spiro atoms. The smallest absolute Gasteiger partial charge is 0.409 e. The lowest BCUT2D eigenvalue weighted by molar-refractivity contribution is -0.126. The van der Waals surface area contributed by atoms with E-state index >= 15 is 0 Å². The molecule has 2 aliphatic heterocycles. The van der Waals surface area contributed by atoms with E-state index in [4.69, 9.17) is 5.11 Å². The summed E-state index contributed by atoms with van der Waals surface area (Å²) in [6, 6.07) is 3.91. The third-order valence-corrected chi connectivity index (χ3v) is 4.34. The second kappa shape index (κ2) is 6.88. The molecule has 11 heteroatoms. The van der Waals surface area contributed by atoms with Crippen LogP contribution < -0.4 is 16.2 Å². The van der Waals surface area contributed by atoms with Crippen LogP contribution in [0.15, 0.2) is 24.3 Å². The molecule has 2 heterocycles. The number of rotatable bonds is 3. The van der Waals surface area contributed by atoms with Gasteiger partial charge in [-0.2, -0.15) is 0 Å². The minimum atomic E-state index is -1.22. The molecule has 1 aromatic carbocycles. The molecule has 5 amide bonds. The molecular formula is C15H17N5O6. The van der Waals surface area contributed by atoms with Gasteiger partial charge in [-0.25, -0.2) is 14.7 Å². The van der Waals surface area contributed by atoms with Gasteiger partial charge in [-0.3, -0.25) is 31.0 Å². The Kier molecular flexibility index (Phi) is 4.63. The number of urea groups is 1. The Hall–Kier alpha value is -3.34. The van der Waals surface area contributed by atoms with Gasteiger partial charge in [0.2, 0.25) is 0 Å². The number of piperidine rings is 1. The molecule has 11 nitrogen and oxygen atoms in total. The van der Waals surface area contributed by atoms with Crippen molar-refractivity contribution in [3.63, 3.8) is 0 Å². The number of hydrazine groups is 1. The van der Waals surface area contributed by atoms with Crippen LogP contribution >= 0.6 is 0 Å². The second-order valence-corrected chi connectivity index (χ2v) is 5.98. The van der Waals surface area contributed by atoms with Gasteiger partial charge in [0, 0.05) is 17.8 Å². The first-order valence-electron chi connectivity index (χ1n) is 7.85. The quantitative estimate of drug-likeness (QED) is 0.382. The lowest BCUT2D eigenvalue weighted by Crippen LogP contribution is -2.54. The zero-order chi connectivity index (χ0) is 18.8. The summed E-state index contributed by atoms with van der Waals surface area (Å²) in [6.45, 7) is 0.263. The van der Waals surface area contributed by atoms with Crippen LogP contribution in [0.1, 0.15) is 23.2 Å². The van der Waals surface area contributed by atoms with E-state index in [0.29, 0.717) is 23.6 Å². The van der Waals surface area contributed by atoms with Crippen molar-refractivity contribution >= 4 is 29.6 Å². The highest BCUT2D eigenvalue weighted by molar-refractivity contribution is 5.97. The van der Waals surface area contributed by atoms with Crippen LogP contribution in [0.2, 0.25) is 0 Å². The van der Waals surface area contributed by atoms with E-state index in [1.54, 1.807) is 0 Å². The molecule has 3 rings (SSSR count). The fraction of sp³-hybridized carbons (Fsp3) is 0.333. The molecule has 2 saturated heterocycles. The zero-order valence-corrected chi connectivity index (χ0v) is 13.5. The van der Waals surface area contributed by atoms with Crippen molar-refractivity contribution in [2.75, 3.05) is 11.9 Å². The van der Waals surface area contributed by atoms with Gasteiger partial charge in [0.1, 0.15) is 6.04 Å². The summed E-state index contributed by atoms with van der Waals surface area (Å²) in [5.41, 5.74) is 5.04. The Balaban J connectivity index is 1.55. The lowest BCUT2D eigenvalue weighted by Gasteiger charge is -2.29. The number of nitrogens with one attached hydrogen (secondary N) is 3. The van der Waals surface area contributed by atoms with Crippen LogP contribution in [-0.4, -0.2) is 62.8 Å². The summed E-state index contributed by atoms with van der Waals surface area (Å²) in [6.07, 6.45) is -0.352. The molecule has 2 aliphatic rings. The minimum absolute atomic E-state index is 0.212. The molecule has 0 unspecified atom stereocenters. The van der Waals surface area contributed by atoms with Gasteiger partial charge in [0.25, 0.3) is 11.8 Å². The van der Waals surface area contributed by atoms with Gasteiger partial charge in [-0.1, -0.05) is 0 Å². The topological polar surface area (TPSA) is 151 Å². The number of hydrogen-bond acceptors (Lipinski definition) is 5. The number of carboxylic acid groups (broad SMARTS) is 1. The van der Waals surface area contributed by atoms with Crippen LogP contribution in [0.4, 0.5) is 15.3 Å². The molecular weight excluding hydrogens is 346 g/mol. The molecule has 0 radical (unpaired) electrons. The number of amides is 5. The minimum Gasteiger partial charge on any atom is -0.465 e. The van der Waals surface area contributed by atoms with Crippen molar-refractivity contribution in [1.29, 1.82) is 0 Å². The molecule has 2 fully saturated rings. The highest BCUT2D eigenvalue weighted by Crippen LogP contribution is 2.28. The molecule has 2 bridgehead atoms. The number of anilines is 1. The first-order valence-corrected chi connectivity index (χ1v) is 7.85. The monoisotopic (exact) mass is 363 g/mol. The van der Waals surface area contributed by atoms with Gasteiger partial charge >= 0.3 is 12.1 Å². The number of nitrogens with zero attached hydrogens (tertiary/aromatic N) is 2. The van der Waals surface area contributed by atoms with E-state index in [-0.39, 0.29) is 18.2 Å². The summed E-state index contributed by atoms with van der Waals surface area (Å²) in [4.78, 5) is 48.0. The van der Waals surface area contributed by atoms with Crippen molar-refractivity contribution in [1.82, 2.24) is 20.8 Å². The van der Waals surface area contributed by atoms with E-state index in [2.05, 4.69) is 16.2 Å². The predicted octanol–water partition coefficient (Wildman–Crippen LogP) is 0.195. The number of benzene rings is 1. The third-order valence-electron chi connectivity index (χ3n) is 4.34. The number of hydrogen-bond donors (Lipinski definition) is 5. The van der Waals surface area contributed by atoms with E-state index in [1.807, 2.05) is 0 Å². The van der Waals surface area contributed by atoms with Crippen LogP contribution in [0.3, 0.4) is 0 Å². The number of hydroxylamine groups is 2. The van der Waals surface area contributed by atoms with Crippen molar-refractivity contribution < 1.29 is 29.5 Å². The van der Waals surface area contributed by atoms with Gasteiger partial charge in [-0.05, 0) is 37.1 Å².